The van der Waals surface area contributed by atoms with E-state index in [1.165, 1.54) is 0 Å². The summed E-state index contributed by atoms with van der Waals surface area (Å²) >= 11 is 3.29. The molecule has 0 spiro atoms. The number of hydrogen-bond donors (Lipinski definition) is 4. The number of amides is 1. The molecule has 47 heavy (non-hydrogen) atoms. The number of nitriles is 2. The molecule has 236 valence electrons. The van der Waals surface area contributed by atoms with Gasteiger partial charge in [0.05, 0.1) is 19.5 Å². The molecule has 0 atom stereocenters. The zero-order valence-electron chi connectivity index (χ0n) is 25.2. The summed E-state index contributed by atoms with van der Waals surface area (Å²) in [5.41, 5.74) is 14.9. The average molecular weight is 692 g/mol. The van der Waals surface area contributed by atoms with Crippen molar-refractivity contribution >= 4 is 39.3 Å². The predicted octanol–water partition coefficient (Wildman–Crippen LogP) is 4.42. The predicted molar refractivity (Wildman–Crippen MR) is 180 cm³/mol. The zero-order valence-corrected chi connectivity index (χ0v) is 26.8. The third kappa shape index (κ3) is 8.05. The standard InChI is InChI=1S/C16H14N6O.C11H9BrN4.C4H3N3.CH3/c17-13-11-8-12(23)22(9-10-4-2-1-3-5-10)16(11)21-15(20-13)14-18-6-7-19-14;12-11-15-9(6-13)10(14)16(11)7-8-4-2-1-3-5-8;5-3-4-6-1-2-7-4;/h1-7H,8-9H2,(H,18,19)(H2,17,20,21);1-5H,7,14H2;1-2H,(H,6,7);1H3/q;;;-1. The molecule has 0 fully saturated rings. The van der Waals surface area contributed by atoms with Crippen molar-refractivity contribution in [1.82, 2.24) is 39.5 Å². The number of benzene rings is 2. The van der Waals surface area contributed by atoms with Crippen LogP contribution in [-0.2, 0) is 24.3 Å². The van der Waals surface area contributed by atoms with Crippen LogP contribution >= 0.6 is 15.9 Å². The SMILES string of the molecule is N#Cc1nc(Br)n(Cc2ccccc2)c1N.N#Cc1ncc[nH]1.Nc1nc(-c2ncc[nH]2)nc2c1CC(=O)N2Cc1ccccc1.[CH3-]. The second-order valence-corrected chi connectivity index (χ2v) is 10.4. The van der Waals surface area contributed by atoms with Crippen LogP contribution in [0.2, 0.25) is 0 Å². The van der Waals surface area contributed by atoms with Crippen LogP contribution in [-0.4, -0.2) is 45.4 Å². The zero-order chi connectivity index (χ0) is 32.5. The Morgan fingerprint density at radius 3 is 2.02 bits per heavy atom. The number of nitrogens with zero attached hydrogens (tertiary/aromatic N) is 9. The fraction of sp³-hybridized carbons (Fsp3) is 0.0938. The maximum atomic E-state index is 12.4. The number of nitrogen functional groups attached to an aromatic ring is 2. The number of carbonyl (C=O) groups excluding carboxylic acids is 1. The summed E-state index contributed by atoms with van der Waals surface area (Å²) in [7, 11) is 0. The highest BCUT2D eigenvalue weighted by Crippen LogP contribution is 2.33. The lowest BCUT2D eigenvalue weighted by Crippen LogP contribution is -2.26. The van der Waals surface area contributed by atoms with E-state index in [9.17, 15) is 4.79 Å². The molecule has 1 aliphatic rings. The highest BCUT2D eigenvalue weighted by atomic mass is 79.9. The lowest BCUT2D eigenvalue weighted by atomic mass is 10.2. The molecule has 5 heterocycles. The van der Waals surface area contributed by atoms with Gasteiger partial charge in [-0.05, 0) is 27.1 Å². The third-order valence-corrected chi connectivity index (χ3v) is 7.25. The van der Waals surface area contributed by atoms with Crippen molar-refractivity contribution in [2.75, 3.05) is 16.4 Å². The van der Waals surface area contributed by atoms with E-state index in [4.69, 9.17) is 22.0 Å². The topological polar surface area (TPSA) is 221 Å². The van der Waals surface area contributed by atoms with Crippen LogP contribution in [0.15, 0.2) is 90.2 Å². The van der Waals surface area contributed by atoms with Crippen molar-refractivity contribution in [2.24, 2.45) is 0 Å². The molecule has 0 aliphatic carbocycles. The molecular formula is C32H29BrN13O-. The van der Waals surface area contributed by atoms with Crippen molar-refractivity contribution in [1.29, 1.82) is 10.5 Å². The Bertz CT molecular complexity index is 1990. The summed E-state index contributed by atoms with van der Waals surface area (Å²) in [6, 6.07) is 23.4. The van der Waals surface area contributed by atoms with Crippen LogP contribution in [0, 0.1) is 30.1 Å². The van der Waals surface area contributed by atoms with Gasteiger partial charge in [-0.1, -0.05) is 60.7 Å². The van der Waals surface area contributed by atoms with Gasteiger partial charge in [0.1, 0.15) is 29.6 Å². The number of anilines is 3. The van der Waals surface area contributed by atoms with Crippen molar-refractivity contribution in [3.05, 3.63) is 126 Å². The van der Waals surface area contributed by atoms with Gasteiger partial charge in [-0.3, -0.25) is 9.69 Å². The minimum absolute atomic E-state index is 0. The Labute approximate surface area is 278 Å². The molecule has 6 aromatic rings. The average Bonchev–Trinajstić information content (AvgIpc) is 3.90. The quantitative estimate of drug-likeness (QED) is 0.186. The molecule has 0 unspecified atom stereocenters. The molecule has 0 radical (unpaired) electrons. The van der Waals surface area contributed by atoms with Crippen LogP contribution in [0.3, 0.4) is 0 Å². The summed E-state index contributed by atoms with van der Waals surface area (Å²) < 4.78 is 2.33. The number of rotatable bonds is 5. The first-order chi connectivity index (χ1) is 22.4. The van der Waals surface area contributed by atoms with Crippen LogP contribution in [0.1, 0.15) is 28.2 Å². The Balaban J connectivity index is 0.000000181. The summed E-state index contributed by atoms with van der Waals surface area (Å²) in [6.07, 6.45) is 6.69. The molecule has 0 saturated heterocycles. The number of halogens is 1. The van der Waals surface area contributed by atoms with Crippen LogP contribution < -0.4 is 16.4 Å². The van der Waals surface area contributed by atoms with E-state index in [0.717, 1.165) is 11.1 Å². The highest BCUT2D eigenvalue weighted by molar-refractivity contribution is 9.10. The number of imidazole rings is 3. The Morgan fingerprint density at radius 1 is 0.851 bits per heavy atom. The number of aromatic nitrogens is 8. The number of aromatic amines is 2. The van der Waals surface area contributed by atoms with Crippen LogP contribution in [0.5, 0.6) is 0 Å². The molecule has 0 saturated carbocycles. The van der Waals surface area contributed by atoms with Gasteiger partial charge in [-0.15, -0.1) is 0 Å². The van der Waals surface area contributed by atoms with E-state index >= 15 is 0 Å². The Kier molecular flexibility index (Phi) is 11.1. The van der Waals surface area contributed by atoms with E-state index < -0.39 is 0 Å². The van der Waals surface area contributed by atoms with Gasteiger partial charge in [0.15, 0.2) is 22.1 Å². The molecule has 15 heteroatoms. The summed E-state index contributed by atoms with van der Waals surface area (Å²) in [5, 5.41) is 16.9. The third-order valence-electron chi connectivity index (χ3n) is 6.65. The fourth-order valence-electron chi connectivity index (χ4n) is 4.43. The van der Waals surface area contributed by atoms with Crippen molar-refractivity contribution in [3.63, 3.8) is 0 Å². The van der Waals surface area contributed by atoms with E-state index in [-0.39, 0.29) is 25.4 Å². The van der Waals surface area contributed by atoms with E-state index in [2.05, 4.69) is 50.8 Å². The molecule has 2 aromatic carbocycles. The summed E-state index contributed by atoms with van der Waals surface area (Å²) in [5.74, 6) is 2.53. The minimum Gasteiger partial charge on any atom is -0.383 e. The second-order valence-electron chi connectivity index (χ2n) is 9.66. The second kappa shape index (κ2) is 15.6. The number of nitrogens with one attached hydrogen (secondary N) is 2. The first-order valence-corrected chi connectivity index (χ1v) is 14.5. The number of fused-ring (bicyclic) bond motifs is 1. The number of carbonyl (C=O) groups is 1. The lowest BCUT2D eigenvalue weighted by Gasteiger charge is -2.17. The minimum atomic E-state index is -0.0264. The van der Waals surface area contributed by atoms with E-state index in [1.807, 2.05) is 72.8 Å². The van der Waals surface area contributed by atoms with Crippen molar-refractivity contribution in [3.8, 4) is 23.8 Å². The van der Waals surface area contributed by atoms with Gasteiger partial charge in [-0.25, -0.2) is 24.9 Å². The van der Waals surface area contributed by atoms with Crippen molar-refractivity contribution < 1.29 is 4.79 Å². The van der Waals surface area contributed by atoms with Gasteiger partial charge < -0.3 is 33.4 Å². The summed E-state index contributed by atoms with van der Waals surface area (Å²) in [6.45, 7) is 1.06. The molecule has 14 nitrogen and oxygen atoms in total. The fourth-order valence-corrected chi connectivity index (χ4v) is 4.93. The Morgan fingerprint density at radius 2 is 1.49 bits per heavy atom. The molecule has 4 aromatic heterocycles. The molecule has 0 bridgehead atoms. The Hall–Kier alpha value is -6.32. The van der Waals surface area contributed by atoms with Gasteiger partial charge in [0.2, 0.25) is 11.7 Å². The first kappa shape index (κ1) is 33.6. The van der Waals surface area contributed by atoms with Crippen LogP contribution in [0.4, 0.5) is 17.5 Å². The molecule has 7 rings (SSSR count). The molecule has 1 amide bonds. The van der Waals surface area contributed by atoms with E-state index in [0.29, 0.717) is 58.3 Å². The number of H-pyrrole nitrogens is 2. The first-order valence-electron chi connectivity index (χ1n) is 13.7. The number of nitrogens with two attached hydrogens (primary N) is 2. The highest BCUT2D eigenvalue weighted by Gasteiger charge is 2.32. The number of hydrogen-bond acceptors (Lipinski definition) is 10. The summed E-state index contributed by atoms with van der Waals surface area (Å²) in [4.78, 5) is 40.1. The monoisotopic (exact) mass is 690 g/mol. The van der Waals surface area contributed by atoms with Gasteiger partial charge in [-0.2, -0.15) is 10.5 Å². The molecule has 6 N–H and O–H groups in total. The maximum absolute atomic E-state index is 12.4. The van der Waals surface area contributed by atoms with Crippen molar-refractivity contribution in [2.45, 2.75) is 19.5 Å². The van der Waals surface area contributed by atoms with Crippen LogP contribution in [0.25, 0.3) is 11.6 Å². The van der Waals surface area contributed by atoms with Gasteiger partial charge in [0.25, 0.3) is 0 Å². The normalized spacial score (nSPS) is 11.1. The van der Waals surface area contributed by atoms with Gasteiger partial charge >= 0.3 is 0 Å². The smallest absolute Gasteiger partial charge is 0.233 e. The molecular weight excluding hydrogens is 662 g/mol. The molecule has 1 aliphatic heterocycles. The van der Waals surface area contributed by atoms with E-state index in [1.54, 1.807) is 34.3 Å². The lowest BCUT2D eigenvalue weighted by molar-refractivity contribution is -0.117. The largest absolute Gasteiger partial charge is 0.383 e. The van der Waals surface area contributed by atoms with Gasteiger partial charge in [0, 0.05) is 30.4 Å². The maximum Gasteiger partial charge on any atom is 0.233 e.